The topological polar surface area (TPSA) is 80.5 Å². The molecule has 2 aromatic rings. The SMILES string of the molecule is Nc1c(-c2ccncn2)n[nH]c1Cl. The van der Waals surface area contributed by atoms with Crippen molar-refractivity contribution in [2.75, 3.05) is 5.73 Å². The molecule has 0 aliphatic rings. The summed E-state index contributed by atoms with van der Waals surface area (Å²) >= 11 is 5.69. The van der Waals surface area contributed by atoms with Crippen LogP contribution in [0.25, 0.3) is 11.4 Å². The van der Waals surface area contributed by atoms with Gasteiger partial charge < -0.3 is 5.73 Å². The highest BCUT2D eigenvalue weighted by molar-refractivity contribution is 6.32. The quantitative estimate of drug-likeness (QED) is 0.714. The van der Waals surface area contributed by atoms with Gasteiger partial charge in [0.1, 0.15) is 17.2 Å². The largest absolute Gasteiger partial charge is 0.394 e. The molecule has 66 valence electrons. The molecule has 2 aromatic heterocycles. The highest BCUT2D eigenvalue weighted by Crippen LogP contribution is 2.26. The zero-order valence-electron chi connectivity index (χ0n) is 6.53. The van der Waals surface area contributed by atoms with Gasteiger partial charge in [-0.25, -0.2) is 9.97 Å². The molecule has 6 heteroatoms. The average Bonchev–Trinajstić information content (AvgIpc) is 2.49. The number of nitrogens with two attached hydrogens (primary N) is 1. The fourth-order valence-electron chi connectivity index (χ4n) is 0.955. The highest BCUT2D eigenvalue weighted by atomic mass is 35.5. The van der Waals surface area contributed by atoms with Gasteiger partial charge in [-0.3, -0.25) is 5.10 Å². The molecular formula is C7H6ClN5. The second-order valence-corrected chi connectivity index (χ2v) is 2.77. The van der Waals surface area contributed by atoms with Crippen LogP contribution in [-0.2, 0) is 0 Å². The molecule has 0 aliphatic heterocycles. The third-order valence-electron chi connectivity index (χ3n) is 1.58. The number of H-pyrrole nitrogens is 1. The minimum Gasteiger partial charge on any atom is -0.394 e. The van der Waals surface area contributed by atoms with E-state index in [0.717, 1.165) is 0 Å². The molecule has 0 aromatic carbocycles. The van der Waals surface area contributed by atoms with Crippen molar-refractivity contribution >= 4 is 17.3 Å². The molecular weight excluding hydrogens is 190 g/mol. The van der Waals surface area contributed by atoms with Crippen LogP contribution in [0.2, 0.25) is 5.15 Å². The molecule has 0 bridgehead atoms. The maximum Gasteiger partial charge on any atom is 0.148 e. The fraction of sp³-hybridized carbons (Fsp3) is 0. The standard InChI is InChI=1S/C7H6ClN5/c8-7-5(9)6(12-13-7)4-1-2-10-3-11-4/h1-3H,9H2,(H,12,13). The summed E-state index contributed by atoms with van der Waals surface area (Å²) in [7, 11) is 0. The Hall–Kier alpha value is -1.62. The Labute approximate surface area is 79.0 Å². The van der Waals surface area contributed by atoms with Crippen LogP contribution >= 0.6 is 11.6 Å². The third kappa shape index (κ3) is 1.33. The van der Waals surface area contributed by atoms with Crippen LogP contribution in [0.4, 0.5) is 5.69 Å². The number of hydrogen-bond acceptors (Lipinski definition) is 4. The van der Waals surface area contributed by atoms with E-state index in [9.17, 15) is 0 Å². The summed E-state index contributed by atoms with van der Waals surface area (Å²) in [6.45, 7) is 0. The lowest BCUT2D eigenvalue weighted by molar-refractivity contribution is 1.08. The van der Waals surface area contributed by atoms with Gasteiger partial charge >= 0.3 is 0 Å². The Morgan fingerprint density at radius 3 is 2.85 bits per heavy atom. The molecule has 5 nitrogen and oxygen atoms in total. The van der Waals surface area contributed by atoms with Gasteiger partial charge in [-0.2, -0.15) is 5.10 Å². The first-order valence-corrected chi connectivity index (χ1v) is 3.92. The minimum absolute atomic E-state index is 0.327. The van der Waals surface area contributed by atoms with Crippen LogP contribution in [0.15, 0.2) is 18.6 Å². The van der Waals surface area contributed by atoms with Crippen LogP contribution in [0.3, 0.4) is 0 Å². The predicted octanol–water partition coefficient (Wildman–Crippen LogP) is 1.10. The summed E-state index contributed by atoms with van der Waals surface area (Å²) in [5, 5.41) is 6.81. The zero-order valence-corrected chi connectivity index (χ0v) is 7.28. The van der Waals surface area contributed by atoms with Gasteiger partial charge in [0.25, 0.3) is 0 Å². The molecule has 0 atom stereocenters. The lowest BCUT2D eigenvalue weighted by Gasteiger charge is -1.94. The van der Waals surface area contributed by atoms with E-state index in [0.29, 0.717) is 22.2 Å². The van der Waals surface area contributed by atoms with Crippen molar-refractivity contribution < 1.29 is 0 Å². The molecule has 0 saturated carbocycles. The number of aromatic nitrogens is 4. The van der Waals surface area contributed by atoms with Crippen LogP contribution in [-0.4, -0.2) is 20.2 Å². The molecule has 0 spiro atoms. The van der Waals surface area contributed by atoms with Crippen molar-refractivity contribution in [3.05, 3.63) is 23.7 Å². The van der Waals surface area contributed by atoms with Gasteiger partial charge in [0, 0.05) is 6.20 Å². The first-order valence-electron chi connectivity index (χ1n) is 3.55. The Morgan fingerprint density at radius 2 is 2.31 bits per heavy atom. The minimum atomic E-state index is 0.327. The van der Waals surface area contributed by atoms with Crippen molar-refractivity contribution in [3.63, 3.8) is 0 Å². The maximum atomic E-state index is 5.69. The van der Waals surface area contributed by atoms with Crippen LogP contribution in [0.5, 0.6) is 0 Å². The average molecular weight is 196 g/mol. The lowest BCUT2D eigenvalue weighted by Crippen LogP contribution is -1.89. The van der Waals surface area contributed by atoms with Crippen molar-refractivity contribution in [1.82, 2.24) is 20.2 Å². The Balaban J connectivity index is 2.53. The molecule has 0 radical (unpaired) electrons. The van der Waals surface area contributed by atoms with Crippen molar-refractivity contribution in [3.8, 4) is 11.4 Å². The molecule has 0 amide bonds. The van der Waals surface area contributed by atoms with E-state index < -0.39 is 0 Å². The lowest BCUT2D eigenvalue weighted by atomic mass is 10.3. The number of halogens is 1. The van der Waals surface area contributed by atoms with Crippen LogP contribution in [0, 0.1) is 0 Å². The van der Waals surface area contributed by atoms with Crippen molar-refractivity contribution in [2.24, 2.45) is 0 Å². The summed E-state index contributed by atoms with van der Waals surface area (Å²) in [5.74, 6) is 0. The fourth-order valence-corrected chi connectivity index (χ4v) is 1.09. The van der Waals surface area contributed by atoms with Crippen molar-refractivity contribution in [2.45, 2.75) is 0 Å². The summed E-state index contributed by atoms with van der Waals surface area (Å²) < 4.78 is 0. The molecule has 2 heterocycles. The van der Waals surface area contributed by atoms with Gasteiger partial charge in [-0.1, -0.05) is 11.6 Å². The molecule has 3 N–H and O–H groups in total. The van der Waals surface area contributed by atoms with E-state index in [1.165, 1.54) is 6.33 Å². The third-order valence-corrected chi connectivity index (χ3v) is 1.87. The molecule has 0 fully saturated rings. The summed E-state index contributed by atoms with van der Waals surface area (Å²) in [6.07, 6.45) is 3.04. The summed E-state index contributed by atoms with van der Waals surface area (Å²) in [5.41, 5.74) is 7.25. The summed E-state index contributed by atoms with van der Waals surface area (Å²) in [4.78, 5) is 7.78. The molecule has 0 aliphatic carbocycles. The first kappa shape index (κ1) is 8.00. The highest BCUT2D eigenvalue weighted by Gasteiger charge is 2.10. The second kappa shape index (κ2) is 3.02. The van der Waals surface area contributed by atoms with E-state index in [-0.39, 0.29) is 0 Å². The Bertz CT molecular complexity index is 410. The Morgan fingerprint density at radius 1 is 1.46 bits per heavy atom. The van der Waals surface area contributed by atoms with Gasteiger partial charge in [-0.15, -0.1) is 0 Å². The van der Waals surface area contributed by atoms with E-state index in [1.54, 1.807) is 12.3 Å². The molecule has 2 rings (SSSR count). The van der Waals surface area contributed by atoms with Gasteiger partial charge in [0.15, 0.2) is 0 Å². The number of anilines is 1. The van der Waals surface area contributed by atoms with E-state index in [2.05, 4.69) is 20.2 Å². The number of hydrogen-bond donors (Lipinski definition) is 2. The maximum absolute atomic E-state index is 5.69. The van der Waals surface area contributed by atoms with Crippen LogP contribution in [0.1, 0.15) is 0 Å². The normalized spacial score (nSPS) is 10.2. The number of nitrogens with one attached hydrogen (secondary N) is 1. The molecule has 0 unspecified atom stereocenters. The smallest absolute Gasteiger partial charge is 0.148 e. The number of nitrogens with zero attached hydrogens (tertiary/aromatic N) is 3. The van der Waals surface area contributed by atoms with Gasteiger partial charge in [0.05, 0.1) is 11.4 Å². The monoisotopic (exact) mass is 195 g/mol. The number of rotatable bonds is 1. The predicted molar refractivity (Wildman–Crippen MR) is 49.0 cm³/mol. The molecule has 13 heavy (non-hydrogen) atoms. The van der Waals surface area contributed by atoms with Crippen molar-refractivity contribution in [1.29, 1.82) is 0 Å². The van der Waals surface area contributed by atoms with E-state index in [4.69, 9.17) is 17.3 Å². The number of nitrogen functional groups attached to an aromatic ring is 1. The molecule has 0 saturated heterocycles. The zero-order chi connectivity index (χ0) is 9.26. The van der Waals surface area contributed by atoms with E-state index >= 15 is 0 Å². The van der Waals surface area contributed by atoms with Gasteiger partial charge in [0.2, 0.25) is 0 Å². The Kier molecular flexibility index (Phi) is 1.86. The second-order valence-electron chi connectivity index (χ2n) is 2.39. The van der Waals surface area contributed by atoms with Gasteiger partial charge in [-0.05, 0) is 6.07 Å². The summed E-state index contributed by atoms with van der Waals surface area (Å²) in [6, 6.07) is 1.71. The van der Waals surface area contributed by atoms with Crippen LogP contribution < -0.4 is 5.73 Å². The first-order chi connectivity index (χ1) is 6.29. The van der Waals surface area contributed by atoms with E-state index in [1.807, 2.05) is 0 Å². The number of aromatic amines is 1.